The molecule has 1 rings (SSSR count). The molecule has 0 fully saturated rings. The Labute approximate surface area is 89.2 Å². The highest BCUT2D eigenvalue weighted by molar-refractivity contribution is 6.00. The maximum absolute atomic E-state index is 11.1. The molecule has 4 heteroatoms. The van der Waals surface area contributed by atoms with Gasteiger partial charge in [0.15, 0.2) is 0 Å². The zero-order valence-electron chi connectivity index (χ0n) is 8.82. The number of carbonyl (C=O) groups excluding carboxylic acids is 1. The van der Waals surface area contributed by atoms with E-state index in [4.69, 9.17) is 16.2 Å². The average Bonchev–Trinajstić information content (AvgIpc) is 2.17. The molecular formula is C11H16N2O2. The largest absolute Gasteiger partial charge is 0.493 e. The normalized spacial score (nSPS) is 9.93. The molecule has 4 N–H and O–H groups in total. The number of nitrogen functional groups attached to an aromatic ring is 1. The van der Waals surface area contributed by atoms with E-state index in [1.807, 2.05) is 0 Å². The molecule has 0 aliphatic carbocycles. The first-order valence-corrected chi connectivity index (χ1v) is 4.98. The lowest BCUT2D eigenvalue weighted by molar-refractivity contribution is 0.0997. The summed E-state index contributed by atoms with van der Waals surface area (Å²) >= 11 is 0. The summed E-state index contributed by atoms with van der Waals surface area (Å²) in [6.07, 6.45) is 1.97. The summed E-state index contributed by atoms with van der Waals surface area (Å²) in [6.45, 7) is 2.64. The second kappa shape index (κ2) is 5.24. The number of unbranched alkanes of at least 4 members (excludes halogenated alkanes) is 1. The molecule has 0 unspecified atom stereocenters. The lowest BCUT2D eigenvalue weighted by Crippen LogP contribution is -2.15. The van der Waals surface area contributed by atoms with Gasteiger partial charge in [-0.2, -0.15) is 0 Å². The molecule has 0 saturated heterocycles. The van der Waals surface area contributed by atoms with Crippen LogP contribution in [-0.4, -0.2) is 12.5 Å². The summed E-state index contributed by atoms with van der Waals surface area (Å²) < 4.78 is 5.44. The summed E-state index contributed by atoms with van der Waals surface area (Å²) in [4.78, 5) is 11.1. The van der Waals surface area contributed by atoms with Crippen LogP contribution in [0.1, 0.15) is 30.1 Å². The lowest BCUT2D eigenvalue weighted by atomic mass is 10.1. The number of hydrogen-bond acceptors (Lipinski definition) is 3. The average molecular weight is 208 g/mol. The van der Waals surface area contributed by atoms with Gasteiger partial charge >= 0.3 is 0 Å². The summed E-state index contributed by atoms with van der Waals surface area (Å²) in [5.41, 5.74) is 11.5. The van der Waals surface area contributed by atoms with Gasteiger partial charge in [-0.15, -0.1) is 0 Å². The molecule has 0 aliphatic heterocycles. The van der Waals surface area contributed by atoms with Gasteiger partial charge in [-0.05, 0) is 18.6 Å². The van der Waals surface area contributed by atoms with Crippen LogP contribution in [0.4, 0.5) is 5.69 Å². The van der Waals surface area contributed by atoms with Crippen molar-refractivity contribution in [2.45, 2.75) is 19.8 Å². The molecule has 1 amide bonds. The number of nitrogens with two attached hydrogens (primary N) is 2. The van der Waals surface area contributed by atoms with Gasteiger partial charge in [0.2, 0.25) is 0 Å². The van der Waals surface area contributed by atoms with Crippen molar-refractivity contribution in [3.8, 4) is 5.75 Å². The fourth-order valence-electron chi connectivity index (χ4n) is 1.26. The Morgan fingerprint density at radius 3 is 2.80 bits per heavy atom. The minimum Gasteiger partial charge on any atom is -0.493 e. The highest BCUT2D eigenvalue weighted by Crippen LogP contribution is 2.23. The maximum Gasteiger partial charge on any atom is 0.254 e. The van der Waals surface area contributed by atoms with E-state index >= 15 is 0 Å². The van der Waals surface area contributed by atoms with E-state index in [2.05, 4.69) is 6.92 Å². The van der Waals surface area contributed by atoms with Gasteiger partial charge in [0.05, 0.1) is 6.61 Å². The van der Waals surface area contributed by atoms with Crippen molar-refractivity contribution in [1.82, 2.24) is 0 Å². The van der Waals surface area contributed by atoms with Gasteiger partial charge in [0, 0.05) is 5.69 Å². The smallest absolute Gasteiger partial charge is 0.254 e. The van der Waals surface area contributed by atoms with Gasteiger partial charge in [-0.25, -0.2) is 0 Å². The standard InChI is InChI=1S/C11H16N2O2/c1-2-3-7-15-9-6-4-5-8(12)10(9)11(13)14/h4-6H,2-3,7,12H2,1H3,(H2,13,14). The number of rotatable bonds is 5. The number of carbonyl (C=O) groups is 1. The van der Waals surface area contributed by atoms with Crippen LogP contribution in [0.5, 0.6) is 5.75 Å². The number of hydrogen-bond donors (Lipinski definition) is 2. The van der Waals surface area contributed by atoms with Crippen molar-refractivity contribution in [3.05, 3.63) is 23.8 Å². The van der Waals surface area contributed by atoms with Crippen LogP contribution in [0.3, 0.4) is 0 Å². The van der Waals surface area contributed by atoms with Crippen molar-refractivity contribution in [1.29, 1.82) is 0 Å². The van der Waals surface area contributed by atoms with Gasteiger partial charge < -0.3 is 16.2 Å². The predicted molar refractivity (Wildman–Crippen MR) is 59.8 cm³/mol. The molecule has 0 aromatic heterocycles. The third-order valence-electron chi connectivity index (χ3n) is 2.06. The Balaban J connectivity index is 2.86. The third-order valence-corrected chi connectivity index (χ3v) is 2.06. The maximum atomic E-state index is 11.1. The summed E-state index contributed by atoms with van der Waals surface area (Å²) in [5.74, 6) is -0.0875. The van der Waals surface area contributed by atoms with Gasteiger partial charge in [-0.1, -0.05) is 19.4 Å². The second-order valence-electron chi connectivity index (χ2n) is 3.29. The topological polar surface area (TPSA) is 78.3 Å². The van der Waals surface area contributed by atoms with E-state index in [0.717, 1.165) is 12.8 Å². The molecule has 0 saturated carbocycles. The Morgan fingerprint density at radius 2 is 2.20 bits per heavy atom. The van der Waals surface area contributed by atoms with Crippen molar-refractivity contribution in [2.75, 3.05) is 12.3 Å². The van der Waals surface area contributed by atoms with Crippen LogP contribution in [-0.2, 0) is 0 Å². The van der Waals surface area contributed by atoms with Crippen LogP contribution >= 0.6 is 0 Å². The van der Waals surface area contributed by atoms with Crippen LogP contribution in [0.15, 0.2) is 18.2 Å². The van der Waals surface area contributed by atoms with E-state index in [1.54, 1.807) is 18.2 Å². The Kier molecular flexibility index (Phi) is 3.97. The number of ether oxygens (including phenoxy) is 1. The molecule has 1 aromatic rings. The predicted octanol–water partition coefficient (Wildman–Crippen LogP) is 1.55. The molecular weight excluding hydrogens is 192 g/mol. The van der Waals surface area contributed by atoms with E-state index in [9.17, 15) is 4.79 Å². The molecule has 0 radical (unpaired) electrons. The van der Waals surface area contributed by atoms with E-state index in [-0.39, 0.29) is 5.56 Å². The van der Waals surface area contributed by atoms with Crippen LogP contribution in [0, 0.1) is 0 Å². The first kappa shape index (κ1) is 11.4. The first-order valence-electron chi connectivity index (χ1n) is 4.98. The van der Waals surface area contributed by atoms with Crippen molar-refractivity contribution >= 4 is 11.6 Å². The highest BCUT2D eigenvalue weighted by atomic mass is 16.5. The van der Waals surface area contributed by atoms with E-state index < -0.39 is 5.91 Å². The molecule has 0 atom stereocenters. The third kappa shape index (κ3) is 2.87. The number of anilines is 1. The molecule has 0 aliphatic rings. The molecule has 0 heterocycles. The Bertz CT molecular complexity index is 350. The molecule has 4 nitrogen and oxygen atoms in total. The van der Waals surface area contributed by atoms with E-state index in [0.29, 0.717) is 18.0 Å². The van der Waals surface area contributed by atoms with Crippen LogP contribution in [0.2, 0.25) is 0 Å². The number of benzene rings is 1. The fourth-order valence-corrected chi connectivity index (χ4v) is 1.26. The molecule has 0 bridgehead atoms. The van der Waals surface area contributed by atoms with Crippen molar-refractivity contribution < 1.29 is 9.53 Å². The second-order valence-corrected chi connectivity index (χ2v) is 3.29. The summed E-state index contributed by atoms with van der Waals surface area (Å²) in [6, 6.07) is 5.07. The first-order chi connectivity index (χ1) is 7.16. The number of amides is 1. The number of primary amides is 1. The fraction of sp³-hybridized carbons (Fsp3) is 0.364. The lowest BCUT2D eigenvalue weighted by Gasteiger charge is -2.10. The summed E-state index contributed by atoms with van der Waals surface area (Å²) in [5, 5.41) is 0. The monoisotopic (exact) mass is 208 g/mol. The van der Waals surface area contributed by atoms with Gasteiger partial charge in [-0.3, -0.25) is 4.79 Å². The molecule has 82 valence electrons. The minimum atomic E-state index is -0.556. The minimum absolute atomic E-state index is 0.272. The molecule has 0 spiro atoms. The van der Waals surface area contributed by atoms with Crippen LogP contribution < -0.4 is 16.2 Å². The van der Waals surface area contributed by atoms with Gasteiger partial charge in [0.25, 0.3) is 5.91 Å². The molecule has 1 aromatic carbocycles. The Hall–Kier alpha value is -1.71. The highest BCUT2D eigenvalue weighted by Gasteiger charge is 2.12. The quantitative estimate of drug-likeness (QED) is 0.569. The van der Waals surface area contributed by atoms with Gasteiger partial charge in [0.1, 0.15) is 11.3 Å². The zero-order valence-corrected chi connectivity index (χ0v) is 8.82. The van der Waals surface area contributed by atoms with E-state index in [1.165, 1.54) is 0 Å². The summed E-state index contributed by atoms with van der Waals surface area (Å²) in [7, 11) is 0. The Morgan fingerprint density at radius 1 is 1.47 bits per heavy atom. The van der Waals surface area contributed by atoms with Crippen molar-refractivity contribution in [2.24, 2.45) is 5.73 Å². The molecule has 15 heavy (non-hydrogen) atoms. The van der Waals surface area contributed by atoms with Crippen LogP contribution in [0.25, 0.3) is 0 Å². The SMILES string of the molecule is CCCCOc1cccc(N)c1C(N)=O. The zero-order chi connectivity index (χ0) is 11.3. The van der Waals surface area contributed by atoms with Crippen molar-refractivity contribution in [3.63, 3.8) is 0 Å².